The highest BCUT2D eigenvalue weighted by molar-refractivity contribution is 5.75. The molecule has 1 rings (SSSR count). The predicted molar refractivity (Wildman–Crippen MR) is 66.0 cm³/mol. The first-order valence-corrected chi connectivity index (χ1v) is 5.85. The molecule has 2 nitrogen and oxygen atoms in total. The fourth-order valence-electron chi connectivity index (χ4n) is 1.73. The van der Waals surface area contributed by atoms with E-state index in [2.05, 4.69) is 19.1 Å². The van der Waals surface area contributed by atoms with Crippen molar-refractivity contribution in [2.24, 2.45) is 0 Å². The minimum Gasteiger partial charge on any atom is -0.494 e. The maximum Gasteiger partial charge on any atom is 0.129 e. The fourth-order valence-corrected chi connectivity index (χ4v) is 1.73. The highest BCUT2D eigenvalue weighted by atomic mass is 16.5. The molecule has 0 aromatic heterocycles. The van der Waals surface area contributed by atoms with Crippen molar-refractivity contribution in [2.45, 2.75) is 40.0 Å². The summed E-state index contributed by atoms with van der Waals surface area (Å²) in [6.07, 6.45) is 2.58. The Morgan fingerprint density at radius 1 is 1.38 bits per heavy atom. The first kappa shape index (κ1) is 12.8. The minimum atomic E-state index is 0.267. The normalized spacial score (nSPS) is 10.2. The van der Waals surface area contributed by atoms with Gasteiger partial charge in [-0.1, -0.05) is 6.07 Å². The van der Waals surface area contributed by atoms with E-state index >= 15 is 0 Å². The lowest BCUT2D eigenvalue weighted by atomic mass is 10.0. The molecule has 0 unspecified atom stereocenters. The van der Waals surface area contributed by atoms with E-state index in [-0.39, 0.29) is 5.78 Å². The van der Waals surface area contributed by atoms with Gasteiger partial charge in [-0.25, -0.2) is 0 Å². The van der Waals surface area contributed by atoms with Gasteiger partial charge in [0.2, 0.25) is 0 Å². The molecule has 0 N–H and O–H groups in total. The van der Waals surface area contributed by atoms with E-state index in [4.69, 9.17) is 4.74 Å². The molecular weight excluding hydrogens is 200 g/mol. The highest BCUT2D eigenvalue weighted by Gasteiger charge is 2.01. The zero-order chi connectivity index (χ0) is 12.0. The van der Waals surface area contributed by atoms with Crippen LogP contribution >= 0.6 is 0 Å². The van der Waals surface area contributed by atoms with Gasteiger partial charge in [0, 0.05) is 6.42 Å². The Labute approximate surface area is 97.6 Å². The van der Waals surface area contributed by atoms with Gasteiger partial charge in [-0.15, -0.1) is 0 Å². The number of hydrogen-bond donors (Lipinski definition) is 0. The number of carbonyl (C=O) groups is 1. The molecule has 1 aromatic carbocycles. The number of ether oxygens (including phenoxy) is 1. The molecule has 0 aliphatic heterocycles. The molecule has 0 radical (unpaired) electrons. The molecule has 0 aliphatic rings. The smallest absolute Gasteiger partial charge is 0.129 e. The third-order valence-electron chi connectivity index (χ3n) is 2.60. The second-order valence-corrected chi connectivity index (χ2v) is 4.08. The quantitative estimate of drug-likeness (QED) is 0.735. The molecule has 0 heterocycles. The van der Waals surface area contributed by atoms with Gasteiger partial charge >= 0.3 is 0 Å². The van der Waals surface area contributed by atoms with E-state index in [0.29, 0.717) is 13.0 Å². The Hall–Kier alpha value is -1.31. The maximum atomic E-state index is 10.8. The van der Waals surface area contributed by atoms with Crippen LogP contribution in [0.2, 0.25) is 0 Å². The van der Waals surface area contributed by atoms with Crippen LogP contribution in [-0.2, 0) is 11.2 Å². The summed E-state index contributed by atoms with van der Waals surface area (Å²) in [6.45, 7) is 6.41. The van der Waals surface area contributed by atoms with Crippen molar-refractivity contribution in [1.82, 2.24) is 0 Å². The summed E-state index contributed by atoms with van der Waals surface area (Å²) in [5, 5.41) is 0. The van der Waals surface area contributed by atoms with E-state index in [1.165, 1.54) is 11.1 Å². The van der Waals surface area contributed by atoms with Crippen LogP contribution in [0.3, 0.4) is 0 Å². The summed E-state index contributed by atoms with van der Waals surface area (Å²) < 4.78 is 5.43. The zero-order valence-corrected chi connectivity index (χ0v) is 10.4. The first-order valence-electron chi connectivity index (χ1n) is 5.85. The molecule has 16 heavy (non-hydrogen) atoms. The summed E-state index contributed by atoms with van der Waals surface area (Å²) in [5.74, 6) is 1.19. The lowest BCUT2D eigenvalue weighted by Gasteiger charge is -2.08. The van der Waals surface area contributed by atoms with Gasteiger partial charge in [-0.05, 0) is 56.9 Å². The van der Waals surface area contributed by atoms with Crippen molar-refractivity contribution >= 4 is 5.78 Å². The van der Waals surface area contributed by atoms with Crippen LogP contribution in [0.15, 0.2) is 18.2 Å². The third kappa shape index (κ3) is 4.05. The Kier molecular flexibility index (Phi) is 5.03. The van der Waals surface area contributed by atoms with Crippen molar-refractivity contribution in [1.29, 1.82) is 0 Å². The summed E-state index contributed by atoms with van der Waals surface area (Å²) in [5.41, 5.74) is 2.55. The number of aryl methyl sites for hydroxylation is 2. The van der Waals surface area contributed by atoms with Crippen molar-refractivity contribution < 1.29 is 9.53 Å². The lowest BCUT2D eigenvalue weighted by molar-refractivity contribution is -0.117. The number of benzene rings is 1. The van der Waals surface area contributed by atoms with Gasteiger partial charge in [0.1, 0.15) is 11.5 Å². The summed E-state index contributed by atoms with van der Waals surface area (Å²) in [4.78, 5) is 10.8. The first-order chi connectivity index (χ1) is 7.63. The Balaban J connectivity index is 2.57. The average Bonchev–Trinajstić information content (AvgIpc) is 2.21. The molecular formula is C14H20O2. The van der Waals surface area contributed by atoms with Gasteiger partial charge in [0.25, 0.3) is 0 Å². The van der Waals surface area contributed by atoms with Crippen LogP contribution in [-0.4, -0.2) is 12.4 Å². The number of ketones is 1. The molecule has 0 atom stereocenters. The van der Waals surface area contributed by atoms with Crippen LogP contribution in [0.1, 0.15) is 37.8 Å². The Morgan fingerprint density at radius 3 is 2.69 bits per heavy atom. The van der Waals surface area contributed by atoms with Crippen LogP contribution in [0.5, 0.6) is 5.75 Å². The average molecular weight is 220 g/mol. The molecule has 0 amide bonds. The molecule has 0 fully saturated rings. The monoisotopic (exact) mass is 220 g/mol. The molecule has 0 spiro atoms. The number of rotatable bonds is 6. The highest BCUT2D eigenvalue weighted by Crippen LogP contribution is 2.18. The summed E-state index contributed by atoms with van der Waals surface area (Å²) >= 11 is 0. The summed E-state index contributed by atoms with van der Waals surface area (Å²) in [6, 6.07) is 6.16. The van der Waals surface area contributed by atoms with Gasteiger partial charge in [-0.3, -0.25) is 0 Å². The number of hydrogen-bond acceptors (Lipinski definition) is 2. The minimum absolute atomic E-state index is 0.267. The molecule has 0 saturated carbocycles. The maximum absolute atomic E-state index is 10.8. The Morgan fingerprint density at radius 2 is 2.12 bits per heavy atom. The van der Waals surface area contributed by atoms with Gasteiger partial charge in [0.05, 0.1) is 6.61 Å². The predicted octanol–water partition coefficient (Wildman–Crippen LogP) is 3.31. The van der Waals surface area contributed by atoms with Crippen molar-refractivity contribution in [3.05, 3.63) is 29.3 Å². The molecule has 2 heteroatoms. The topological polar surface area (TPSA) is 26.3 Å². The number of carbonyl (C=O) groups excluding carboxylic acids is 1. The van der Waals surface area contributed by atoms with E-state index < -0.39 is 0 Å². The number of Topliss-reactive ketones (excluding diaryl/α,β-unsaturated/α-hetero) is 1. The van der Waals surface area contributed by atoms with E-state index in [1.54, 1.807) is 6.92 Å². The second kappa shape index (κ2) is 6.31. The Bertz CT molecular complexity index is 356. The van der Waals surface area contributed by atoms with Gasteiger partial charge < -0.3 is 9.53 Å². The molecule has 0 bridgehead atoms. The SMILES string of the molecule is CCOc1ccc(CCCC(C)=O)c(C)c1. The van der Waals surface area contributed by atoms with Crippen molar-refractivity contribution in [3.8, 4) is 5.75 Å². The lowest BCUT2D eigenvalue weighted by Crippen LogP contribution is -1.96. The van der Waals surface area contributed by atoms with Crippen LogP contribution < -0.4 is 4.74 Å². The third-order valence-corrected chi connectivity index (χ3v) is 2.60. The standard InChI is InChI=1S/C14H20O2/c1-4-16-14-9-8-13(11(2)10-14)7-5-6-12(3)15/h8-10H,4-7H2,1-3H3. The van der Waals surface area contributed by atoms with Crippen molar-refractivity contribution in [3.63, 3.8) is 0 Å². The van der Waals surface area contributed by atoms with Crippen LogP contribution in [0, 0.1) is 6.92 Å². The van der Waals surface area contributed by atoms with Gasteiger partial charge in [0.15, 0.2) is 0 Å². The second-order valence-electron chi connectivity index (χ2n) is 4.08. The van der Waals surface area contributed by atoms with Crippen LogP contribution in [0.4, 0.5) is 0 Å². The molecule has 1 aromatic rings. The molecule has 88 valence electrons. The molecule has 0 aliphatic carbocycles. The van der Waals surface area contributed by atoms with E-state index in [1.807, 2.05) is 13.0 Å². The zero-order valence-electron chi connectivity index (χ0n) is 10.4. The van der Waals surface area contributed by atoms with E-state index in [9.17, 15) is 4.79 Å². The largest absolute Gasteiger partial charge is 0.494 e. The van der Waals surface area contributed by atoms with Crippen LogP contribution in [0.25, 0.3) is 0 Å². The van der Waals surface area contributed by atoms with Gasteiger partial charge in [-0.2, -0.15) is 0 Å². The fraction of sp³-hybridized carbons (Fsp3) is 0.500. The molecule has 0 saturated heterocycles. The van der Waals surface area contributed by atoms with Crippen molar-refractivity contribution in [2.75, 3.05) is 6.61 Å². The van der Waals surface area contributed by atoms with E-state index in [0.717, 1.165) is 18.6 Å². The summed E-state index contributed by atoms with van der Waals surface area (Å²) in [7, 11) is 0.